The third kappa shape index (κ3) is 3.35. The molecule has 0 saturated heterocycles. The van der Waals surface area contributed by atoms with Crippen molar-refractivity contribution in [1.82, 2.24) is 5.32 Å². The molecule has 2 amide bonds. The number of Topliss-reactive ketones (excluding diaryl/α,β-unsaturated/α-hetero) is 1. The maximum absolute atomic E-state index is 11.9. The Hall–Kier alpha value is -2.35. The number of nitrogens with zero attached hydrogens (tertiary/aromatic N) is 1. The minimum atomic E-state index is -0.335. The second-order valence-corrected chi connectivity index (χ2v) is 5.01. The third-order valence-corrected chi connectivity index (χ3v) is 3.53. The van der Waals surface area contributed by atoms with Crippen LogP contribution in [0.5, 0.6) is 0 Å². The van der Waals surface area contributed by atoms with Crippen LogP contribution in [0.1, 0.15) is 36.5 Å². The van der Waals surface area contributed by atoms with Gasteiger partial charge in [0.25, 0.3) is 0 Å². The van der Waals surface area contributed by atoms with Crippen LogP contribution in [0, 0.1) is 17.2 Å². The number of rotatable bonds is 3. The van der Waals surface area contributed by atoms with E-state index in [-0.39, 0.29) is 23.8 Å². The maximum atomic E-state index is 11.9. The molecule has 2 rings (SSSR count). The van der Waals surface area contributed by atoms with Crippen LogP contribution in [0.3, 0.4) is 0 Å². The van der Waals surface area contributed by atoms with E-state index in [1.807, 2.05) is 0 Å². The van der Waals surface area contributed by atoms with E-state index in [2.05, 4.69) is 16.7 Å². The number of hydrogen-bond acceptors (Lipinski definition) is 3. The van der Waals surface area contributed by atoms with E-state index in [4.69, 9.17) is 5.26 Å². The smallest absolute Gasteiger partial charge is 0.319 e. The lowest BCUT2D eigenvalue weighted by molar-refractivity contribution is 0.101. The molecule has 1 aromatic rings. The lowest BCUT2D eigenvalue weighted by atomic mass is 10.1. The van der Waals surface area contributed by atoms with E-state index in [1.165, 1.54) is 6.92 Å². The van der Waals surface area contributed by atoms with Gasteiger partial charge in [0.05, 0.1) is 12.0 Å². The summed E-state index contributed by atoms with van der Waals surface area (Å²) in [6.07, 6.45) is 2.63. The van der Waals surface area contributed by atoms with Gasteiger partial charge < -0.3 is 10.6 Å². The first-order valence-corrected chi connectivity index (χ1v) is 6.68. The zero-order valence-corrected chi connectivity index (χ0v) is 11.3. The number of hydrogen-bond donors (Lipinski definition) is 2. The standard InChI is InChI=1S/C15H17N3O2/c1-10(19)11-4-2-6-13(8-11)17-15(20)18-14-7-3-5-12(14)9-16/h2,4,6,8,12,14H,3,5,7H2,1H3,(H2,17,18,20). The Morgan fingerprint density at radius 1 is 1.35 bits per heavy atom. The number of carbonyl (C=O) groups excluding carboxylic acids is 2. The average molecular weight is 271 g/mol. The van der Waals surface area contributed by atoms with Gasteiger partial charge >= 0.3 is 6.03 Å². The minimum Gasteiger partial charge on any atom is -0.334 e. The molecule has 1 aliphatic rings. The zero-order valence-electron chi connectivity index (χ0n) is 11.3. The van der Waals surface area contributed by atoms with Crippen molar-refractivity contribution in [3.05, 3.63) is 29.8 Å². The molecule has 104 valence electrons. The number of nitriles is 1. The first kappa shape index (κ1) is 14.1. The van der Waals surface area contributed by atoms with Crippen molar-refractivity contribution in [3.8, 4) is 6.07 Å². The number of benzene rings is 1. The molecule has 1 fully saturated rings. The van der Waals surface area contributed by atoms with Crippen molar-refractivity contribution in [2.45, 2.75) is 32.2 Å². The van der Waals surface area contributed by atoms with Crippen molar-refractivity contribution in [3.63, 3.8) is 0 Å². The fourth-order valence-corrected chi connectivity index (χ4v) is 2.44. The van der Waals surface area contributed by atoms with Crippen molar-refractivity contribution < 1.29 is 9.59 Å². The Balaban J connectivity index is 1.96. The molecule has 1 saturated carbocycles. The van der Waals surface area contributed by atoms with Gasteiger partial charge in [0, 0.05) is 17.3 Å². The summed E-state index contributed by atoms with van der Waals surface area (Å²) < 4.78 is 0. The van der Waals surface area contributed by atoms with Gasteiger partial charge in [-0.1, -0.05) is 12.1 Å². The molecule has 1 aromatic carbocycles. The molecule has 20 heavy (non-hydrogen) atoms. The summed E-state index contributed by atoms with van der Waals surface area (Å²) in [5.41, 5.74) is 1.13. The third-order valence-electron chi connectivity index (χ3n) is 3.53. The Kier molecular flexibility index (Phi) is 4.36. The largest absolute Gasteiger partial charge is 0.334 e. The van der Waals surface area contributed by atoms with E-state index < -0.39 is 0 Å². The van der Waals surface area contributed by atoms with Crippen LogP contribution < -0.4 is 10.6 Å². The van der Waals surface area contributed by atoms with Crippen molar-refractivity contribution >= 4 is 17.5 Å². The van der Waals surface area contributed by atoms with E-state index >= 15 is 0 Å². The molecule has 5 heteroatoms. The van der Waals surface area contributed by atoms with Gasteiger partial charge in [-0.25, -0.2) is 4.79 Å². The van der Waals surface area contributed by atoms with Crippen LogP contribution in [-0.4, -0.2) is 17.9 Å². The monoisotopic (exact) mass is 271 g/mol. The molecule has 5 nitrogen and oxygen atoms in total. The van der Waals surface area contributed by atoms with Crippen LogP contribution in [0.2, 0.25) is 0 Å². The van der Waals surface area contributed by atoms with Gasteiger partial charge in [-0.3, -0.25) is 4.79 Å². The number of ketones is 1. The lowest BCUT2D eigenvalue weighted by Crippen LogP contribution is -2.39. The van der Waals surface area contributed by atoms with Crippen molar-refractivity contribution in [2.24, 2.45) is 5.92 Å². The summed E-state index contributed by atoms with van der Waals surface area (Å²) in [6.45, 7) is 1.48. The van der Waals surface area contributed by atoms with Crippen LogP contribution in [0.4, 0.5) is 10.5 Å². The van der Waals surface area contributed by atoms with Gasteiger partial charge in [-0.2, -0.15) is 5.26 Å². The summed E-state index contributed by atoms with van der Waals surface area (Å²) >= 11 is 0. The number of amides is 2. The summed E-state index contributed by atoms with van der Waals surface area (Å²) in [5.74, 6) is -0.154. The Morgan fingerprint density at radius 2 is 2.15 bits per heavy atom. The van der Waals surface area contributed by atoms with E-state index in [9.17, 15) is 9.59 Å². The van der Waals surface area contributed by atoms with Crippen molar-refractivity contribution in [1.29, 1.82) is 5.26 Å². The van der Waals surface area contributed by atoms with Crippen LogP contribution in [0.15, 0.2) is 24.3 Å². The highest BCUT2D eigenvalue weighted by Crippen LogP contribution is 2.24. The molecule has 2 unspecified atom stereocenters. The highest BCUT2D eigenvalue weighted by Gasteiger charge is 2.28. The maximum Gasteiger partial charge on any atom is 0.319 e. The molecule has 0 aromatic heterocycles. The fraction of sp³-hybridized carbons (Fsp3) is 0.400. The molecule has 0 bridgehead atoms. The van der Waals surface area contributed by atoms with Gasteiger partial charge in [-0.05, 0) is 38.3 Å². The normalized spacial score (nSPS) is 21.0. The molecule has 0 spiro atoms. The molecule has 0 aliphatic heterocycles. The fourth-order valence-electron chi connectivity index (χ4n) is 2.44. The molecular weight excluding hydrogens is 254 g/mol. The van der Waals surface area contributed by atoms with Gasteiger partial charge in [0.15, 0.2) is 5.78 Å². The first-order chi connectivity index (χ1) is 9.60. The predicted octanol–water partition coefficient (Wildman–Crippen LogP) is 2.70. The Labute approximate surface area is 118 Å². The van der Waals surface area contributed by atoms with Crippen LogP contribution in [-0.2, 0) is 0 Å². The summed E-state index contributed by atoms with van der Waals surface area (Å²) in [5, 5.41) is 14.5. The van der Waals surface area contributed by atoms with Crippen molar-refractivity contribution in [2.75, 3.05) is 5.32 Å². The summed E-state index contributed by atoms with van der Waals surface area (Å²) in [4.78, 5) is 23.2. The van der Waals surface area contributed by atoms with Gasteiger partial charge in [0.1, 0.15) is 0 Å². The second-order valence-electron chi connectivity index (χ2n) is 5.01. The molecule has 2 atom stereocenters. The van der Waals surface area contributed by atoms with E-state index in [0.717, 1.165) is 19.3 Å². The SMILES string of the molecule is CC(=O)c1cccc(NC(=O)NC2CCCC2C#N)c1. The quantitative estimate of drug-likeness (QED) is 0.829. The summed E-state index contributed by atoms with van der Waals surface area (Å²) in [6, 6.07) is 8.58. The van der Waals surface area contributed by atoms with Crippen LogP contribution in [0.25, 0.3) is 0 Å². The highest BCUT2D eigenvalue weighted by molar-refractivity contribution is 5.96. The van der Waals surface area contributed by atoms with E-state index in [1.54, 1.807) is 24.3 Å². The van der Waals surface area contributed by atoms with Gasteiger partial charge in [-0.15, -0.1) is 0 Å². The zero-order chi connectivity index (χ0) is 14.5. The molecule has 1 aliphatic carbocycles. The number of carbonyl (C=O) groups is 2. The average Bonchev–Trinajstić information content (AvgIpc) is 2.86. The lowest BCUT2D eigenvalue weighted by Gasteiger charge is -2.16. The molecular formula is C15H17N3O2. The summed E-state index contributed by atoms with van der Waals surface area (Å²) in [7, 11) is 0. The molecule has 2 N–H and O–H groups in total. The molecule has 0 radical (unpaired) electrons. The van der Waals surface area contributed by atoms with Crippen LogP contribution >= 0.6 is 0 Å². The number of urea groups is 1. The predicted molar refractivity (Wildman–Crippen MR) is 75.3 cm³/mol. The first-order valence-electron chi connectivity index (χ1n) is 6.68. The van der Waals surface area contributed by atoms with Gasteiger partial charge in [0.2, 0.25) is 0 Å². The second kappa shape index (κ2) is 6.20. The number of nitrogens with one attached hydrogen (secondary N) is 2. The molecule has 0 heterocycles. The van der Waals surface area contributed by atoms with E-state index in [0.29, 0.717) is 11.3 Å². The Morgan fingerprint density at radius 3 is 2.85 bits per heavy atom. The Bertz CT molecular complexity index is 562. The highest BCUT2D eigenvalue weighted by atomic mass is 16.2. The minimum absolute atomic E-state index is 0.0469. The number of anilines is 1. The topological polar surface area (TPSA) is 82.0 Å².